The lowest BCUT2D eigenvalue weighted by atomic mass is 10.1. The van der Waals surface area contributed by atoms with Crippen LogP contribution in [0.15, 0.2) is 45.9 Å². The van der Waals surface area contributed by atoms with Gasteiger partial charge in [0.05, 0.1) is 22.2 Å². The van der Waals surface area contributed by atoms with E-state index in [2.05, 4.69) is 20.4 Å². The Morgan fingerprint density at radius 2 is 1.73 bits per heavy atom. The number of nitrogens with one attached hydrogen (secondary N) is 1. The van der Waals surface area contributed by atoms with Crippen LogP contribution in [-0.2, 0) is 22.1 Å². The molecule has 1 saturated heterocycles. The predicted octanol–water partition coefficient (Wildman–Crippen LogP) is 9.03. The lowest BCUT2D eigenvalue weighted by Crippen LogP contribution is -2.46. The number of hydrogen-bond donors (Lipinski definition) is 1. The Labute approximate surface area is 292 Å². The lowest BCUT2D eigenvalue weighted by Gasteiger charge is -2.27. The smallest absolute Gasteiger partial charge is 0.437 e. The van der Waals surface area contributed by atoms with Gasteiger partial charge in [-0.15, -0.1) is 4.99 Å². The Morgan fingerprint density at radius 1 is 1.02 bits per heavy atom. The number of likely N-dealkylation sites (tertiary alicyclic amines) is 1. The molecule has 0 spiro atoms. The number of amides is 2. The summed E-state index contributed by atoms with van der Waals surface area (Å²) in [6.07, 6.45) is -4.54. The molecular formula is C33H38Cl2F3N5O6. The van der Waals surface area contributed by atoms with Crippen molar-refractivity contribution in [3.05, 3.63) is 63.5 Å². The van der Waals surface area contributed by atoms with E-state index in [1.807, 2.05) is 0 Å². The Hall–Kier alpha value is -4.04. The van der Waals surface area contributed by atoms with Crippen molar-refractivity contribution in [1.82, 2.24) is 20.4 Å². The number of carbonyl (C=O) groups excluding carboxylic acids is 2. The highest BCUT2D eigenvalue weighted by atomic mass is 35.5. The van der Waals surface area contributed by atoms with E-state index < -0.39 is 41.2 Å². The molecule has 1 N–H and O–H groups in total. The number of aryl methyl sites for hydroxylation is 1. The van der Waals surface area contributed by atoms with Crippen molar-refractivity contribution in [2.75, 3.05) is 13.2 Å². The first kappa shape index (κ1) is 37.8. The van der Waals surface area contributed by atoms with Gasteiger partial charge in [-0.3, -0.25) is 5.32 Å². The van der Waals surface area contributed by atoms with Crippen molar-refractivity contribution in [2.24, 2.45) is 4.99 Å². The highest BCUT2D eigenvalue weighted by Gasteiger charge is 2.37. The molecule has 0 aliphatic carbocycles. The summed E-state index contributed by atoms with van der Waals surface area (Å²) >= 11 is 12.0. The fraction of sp³-hybridized carbons (Fsp3) is 0.485. The summed E-state index contributed by atoms with van der Waals surface area (Å²) in [5.41, 5.74) is -1.77. The van der Waals surface area contributed by atoms with E-state index >= 15 is 0 Å². The third kappa shape index (κ3) is 11.0. The van der Waals surface area contributed by atoms with E-state index in [1.54, 1.807) is 64.6 Å². The molecule has 0 unspecified atom stereocenters. The fourth-order valence-electron chi connectivity index (χ4n) is 4.86. The van der Waals surface area contributed by atoms with Gasteiger partial charge >= 0.3 is 18.4 Å². The van der Waals surface area contributed by atoms with E-state index in [0.29, 0.717) is 42.3 Å². The number of carbonyl (C=O) groups is 2. The highest BCUT2D eigenvalue weighted by Crippen LogP contribution is 2.39. The molecule has 1 aliphatic heterocycles. The third-order valence-electron chi connectivity index (χ3n) is 6.85. The van der Waals surface area contributed by atoms with Crippen molar-refractivity contribution in [3.8, 4) is 17.1 Å². The minimum atomic E-state index is -4.73. The second kappa shape index (κ2) is 15.2. The second-order valence-corrected chi connectivity index (χ2v) is 14.1. The van der Waals surface area contributed by atoms with E-state index in [4.69, 9.17) is 41.9 Å². The zero-order chi connectivity index (χ0) is 36.1. The Bertz CT molecular complexity index is 1680. The molecule has 1 aromatic heterocycles. The molecule has 1 fully saturated rings. The first-order chi connectivity index (χ1) is 22.8. The quantitative estimate of drug-likeness (QED) is 0.144. The Morgan fingerprint density at radius 3 is 2.39 bits per heavy atom. The van der Waals surface area contributed by atoms with Crippen LogP contribution >= 0.6 is 23.2 Å². The van der Waals surface area contributed by atoms with E-state index in [9.17, 15) is 22.8 Å². The predicted molar refractivity (Wildman–Crippen MR) is 177 cm³/mol. The van der Waals surface area contributed by atoms with Gasteiger partial charge in [0.15, 0.2) is 0 Å². The van der Waals surface area contributed by atoms with Crippen LogP contribution in [0.4, 0.5) is 22.8 Å². The number of halogens is 5. The van der Waals surface area contributed by atoms with Crippen molar-refractivity contribution in [1.29, 1.82) is 0 Å². The summed E-state index contributed by atoms with van der Waals surface area (Å²) in [6, 6.07) is 8.00. The van der Waals surface area contributed by atoms with E-state index in [1.165, 1.54) is 12.1 Å². The average molecular weight is 729 g/mol. The van der Waals surface area contributed by atoms with Gasteiger partial charge in [0.2, 0.25) is 17.7 Å². The van der Waals surface area contributed by atoms with Crippen LogP contribution < -0.4 is 10.1 Å². The number of benzene rings is 2. The van der Waals surface area contributed by atoms with Crippen LogP contribution in [0.25, 0.3) is 11.4 Å². The molecular weight excluding hydrogens is 690 g/mol. The molecule has 2 aromatic carbocycles. The van der Waals surface area contributed by atoms with Gasteiger partial charge in [0.1, 0.15) is 23.0 Å². The number of hydrogen-bond acceptors (Lipinski definition) is 8. The van der Waals surface area contributed by atoms with Gasteiger partial charge in [0.25, 0.3) is 0 Å². The lowest BCUT2D eigenvalue weighted by molar-refractivity contribution is -0.138. The van der Waals surface area contributed by atoms with Crippen molar-refractivity contribution >= 4 is 41.3 Å². The largest absolute Gasteiger partial charge is 0.493 e. The van der Waals surface area contributed by atoms with Gasteiger partial charge < -0.3 is 23.6 Å². The first-order valence-electron chi connectivity index (χ1n) is 15.5. The molecule has 16 heteroatoms. The molecule has 4 rings (SSSR count). The van der Waals surface area contributed by atoms with Gasteiger partial charge in [-0.1, -0.05) is 34.4 Å². The number of ether oxygens (including phenoxy) is 3. The van der Waals surface area contributed by atoms with Crippen molar-refractivity contribution < 1.29 is 41.5 Å². The molecule has 11 nitrogen and oxygen atoms in total. The summed E-state index contributed by atoms with van der Waals surface area (Å²) in [5.74, 6) is -0.547. The van der Waals surface area contributed by atoms with Gasteiger partial charge in [-0.05, 0) is 103 Å². The number of guanidine groups is 1. The SMILES string of the molecule is CC(C)(C)OC(=O)N=C(NC(=O)OC(C)(C)C)N1CCC[C@H]1c1nc(-c2ccc(OCCCc3ccc(Cl)c(Cl)c3)c(C(F)(F)F)c2)no1. The number of alkyl carbamates (subject to hydrolysis) is 1. The minimum absolute atomic E-state index is 0.0249. The molecule has 1 aliphatic rings. The highest BCUT2D eigenvalue weighted by molar-refractivity contribution is 6.42. The molecule has 0 bridgehead atoms. The summed E-state index contributed by atoms with van der Waals surface area (Å²) in [6.45, 7) is 10.4. The normalized spacial score (nSPS) is 15.7. The van der Waals surface area contributed by atoms with Crippen LogP contribution in [0.1, 0.15) is 83.9 Å². The number of rotatable bonds is 7. The Balaban J connectivity index is 1.53. The third-order valence-corrected chi connectivity index (χ3v) is 7.59. The maximum absolute atomic E-state index is 14.1. The molecule has 2 heterocycles. The van der Waals surface area contributed by atoms with Crippen molar-refractivity contribution in [3.63, 3.8) is 0 Å². The number of aliphatic imine (C=N–C) groups is 1. The molecule has 2 amide bonds. The molecule has 0 saturated carbocycles. The Kier molecular flexibility index (Phi) is 11.7. The summed E-state index contributed by atoms with van der Waals surface area (Å²) in [7, 11) is 0. The van der Waals surface area contributed by atoms with Gasteiger partial charge in [0, 0.05) is 12.1 Å². The second-order valence-electron chi connectivity index (χ2n) is 13.3. The number of alkyl halides is 3. The van der Waals surface area contributed by atoms with Crippen LogP contribution in [0.2, 0.25) is 10.0 Å². The molecule has 3 aromatic rings. The zero-order valence-electron chi connectivity index (χ0n) is 27.9. The van der Waals surface area contributed by atoms with Crippen LogP contribution in [0, 0.1) is 0 Å². The van der Waals surface area contributed by atoms with Crippen LogP contribution in [0.3, 0.4) is 0 Å². The zero-order valence-corrected chi connectivity index (χ0v) is 29.4. The topological polar surface area (TPSA) is 128 Å². The van der Waals surface area contributed by atoms with Gasteiger partial charge in [-0.25, -0.2) is 9.59 Å². The summed E-state index contributed by atoms with van der Waals surface area (Å²) in [4.78, 5) is 35.3. The maximum Gasteiger partial charge on any atom is 0.437 e. The summed E-state index contributed by atoms with van der Waals surface area (Å²) < 4.78 is 64.1. The fourth-order valence-corrected chi connectivity index (χ4v) is 5.19. The number of aromatic nitrogens is 2. The minimum Gasteiger partial charge on any atom is -0.493 e. The van der Waals surface area contributed by atoms with Crippen LogP contribution in [0.5, 0.6) is 5.75 Å². The standard InChI is InChI=1S/C33H38Cl2F3N5O6/c1-31(2,3)47-29(44)40-28(41-30(45)48-32(4,5)6)43-15-7-10-24(43)27-39-26(42-49-27)20-12-14-25(21(18-20)33(36,37)38)46-16-8-9-19-11-13-22(34)23(35)17-19/h11-14,17-18,24H,7-10,15-16H2,1-6H3,(H,40,41,44,45)/t24-/m0/s1. The molecule has 0 radical (unpaired) electrons. The molecule has 1 atom stereocenters. The molecule has 266 valence electrons. The van der Waals surface area contributed by atoms with E-state index in [0.717, 1.165) is 11.6 Å². The first-order valence-corrected chi connectivity index (χ1v) is 16.2. The van der Waals surface area contributed by atoms with Crippen molar-refractivity contribution in [2.45, 2.75) is 90.6 Å². The van der Waals surface area contributed by atoms with E-state index in [-0.39, 0.29) is 35.6 Å². The molecule has 49 heavy (non-hydrogen) atoms. The van der Waals surface area contributed by atoms with Gasteiger partial charge in [-0.2, -0.15) is 18.2 Å². The van der Waals surface area contributed by atoms with Crippen LogP contribution in [-0.4, -0.2) is 57.5 Å². The number of nitrogens with zero attached hydrogens (tertiary/aromatic N) is 4. The summed E-state index contributed by atoms with van der Waals surface area (Å²) in [5, 5.41) is 7.25. The maximum atomic E-state index is 14.1. The average Bonchev–Trinajstić information content (AvgIpc) is 3.65. The monoisotopic (exact) mass is 727 g/mol.